The van der Waals surface area contributed by atoms with Crippen LogP contribution in [0.25, 0.3) is 0 Å². The van der Waals surface area contributed by atoms with E-state index in [0.29, 0.717) is 24.6 Å². The average Bonchev–Trinajstić information content (AvgIpc) is 2.81. The van der Waals surface area contributed by atoms with E-state index in [2.05, 4.69) is 22.5 Å². The summed E-state index contributed by atoms with van der Waals surface area (Å²) >= 11 is 0. The Morgan fingerprint density at radius 1 is 1.38 bits per heavy atom. The van der Waals surface area contributed by atoms with Crippen molar-refractivity contribution in [3.05, 3.63) is 24.4 Å². The molecule has 0 bridgehead atoms. The topological polar surface area (TPSA) is 91.4 Å². The lowest BCUT2D eigenvalue weighted by Gasteiger charge is -2.34. The molecule has 128 valence electrons. The Balaban J connectivity index is 1.63. The Kier molecular flexibility index (Phi) is 4.51. The van der Waals surface area contributed by atoms with Crippen molar-refractivity contribution in [2.45, 2.75) is 44.6 Å². The summed E-state index contributed by atoms with van der Waals surface area (Å²) in [7, 11) is 0. The van der Waals surface area contributed by atoms with E-state index in [1.807, 2.05) is 0 Å². The molecule has 1 aromatic heterocycles. The number of nitrogens with one attached hydrogen (secondary N) is 2. The third-order valence-corrected chi connectivity index (χ3v) is 5.02. The third-order valence-electron chi connectivity index (χ3n) is 5.02. The summed E-state index contributed by atoms with van der Waals surface area (Å²) in [5.41, 5.74) is -0.811. The summed E-state index contributed by atoms with van der Waals surface area (Å²) in [4.78, 5) is 42.0. The molecule has 2 fully saturated rings. The van der Waals surface area contributed by atoms with E-state index in [-0.39, 0.29) is 12.5 Å². The summed E-state index contributed by atoms with van der Waals surface area (Å²) in [6.45, 7) is 1.85. The molecule has 1 aliphatic carbocycles. The first-order valence-corrected chi connectivity index (χ1v) is 8.39. The second kappa shape index (κ2) is 6.59. The average molecular weight is 330 g/mol. The fraction of sp³-hybridized carbons (Fsp3) is 0.529. The Hall–Kier alpha value is -2.44. The van der Waals surface area contributed by atoms with E-state index >= 15 is 0 Å². The van der Waals surface area contributed by atoms with Crippen molar-refractivity contribution in [3.63, 3.8) is 0 Å². The van der Waals surface area contributed by atoms with Gasteiger partial charge in [-0.2, -0.15) is 0 Å². The standard InChI is InChI=1S/C17H22N4O3/c1-2-12-6-8-17(9-7-12)15(23)21(16(24)20-17)11-14(22)19-13-5-3-4-10-18-13/h3-5,10,12H,2,6-9,11H2,1H3,(H,20,24)(H,18,19,22). The van der Waals surface area contributed by atoms with Crippen molar-refractivity contribution >= 4 is 23.7 Å². The highest BCUT2D eigenvalue weighted by molar-refractivity contribution is 6.10. The second-order valence-electron chi connectivity index (χ2n) is 6.52. The van der Waals surface area contributed by atoms with Gasteiger partial charge < -0.3 is 10.6 Å². The summed E-state index contributed by atoms with van der Waals surface area (Å²) < 4.78 is 0. The van der Waals surface area contributed by atoms with Crippen molar-refractivity contribution in [3.8, 4) is 0 Å². The van der Waals surface area contributed by atoms with Crippen molar-refractivity contribution in [1.82, 2.24) is 15.2 Å². The molecular weight excluding hydrogens is 308 g/mol. The van der Waals surface area contributed by atoms with Gasteiger partial charge in [-0.05, 0) is 43.7 Å². The smallest absolute Gasteiger partial charge is 0.323 e. The first kappa shape index (κ1) is 16.4. The molecule has 2 aliphatic rings. The molecule has 1 spiro atoms. The molecule has 7 nitrogen and oxygen atoms in total. The molecule has 4 amide bonds. The highest BCUT2D eigenvalue weighted by Gasteiger charge is 2.52. The van der Waals surface area contributed by atoms with Crippen LogP contribution in [0.15, 0.2) is 24.4 Å². The molecule has 1 aliphatic heterocycles. The maximum Gasteiger partial charge on any atom is 0.325 e. The van der Waals surface area contributed by atoms with E-state index in [4.69, 9.17) is 0 Å². The quantitative estimate of drug-likeness (QED) is 0.825. The number of amides is 4. The normalized spacial score (nSPS) is 26.5. The Bertz CT molecular complexity index is 638. The van der Waals surface area contributed by atoms with E-state index in [9.17, 15) is 14.4 Å². The minimum atomic E-state index is -0.811. The van der Waals surface area contributed by atoms with Gasteiger partial charge in [0.05, 0.1) is 0 Å². The zero-order valence-electron chi connectivity index (χ0n) is 13.7. The van der Waals surface area contributed by atoms with Gasteiger partial charge in [-0.15, -0.1) is 0 Å². The van der Waals surface area contributed by atoms with Crippen LogP contribution in [0, 0.1) is 5.92 Å². The van der Waals surface area contributed by atoms with Crippen LogP contribution in [0.1, 0.15) is 39.0 Å². The fourth-order valence-corrected chi connectivity index (χ4v) is 3.50. The van der Waals surface area contributed by atoms with Crippen molar-refractivity contribution in [2.75, 3.05) is 11.9 Å². The fourth-order valence-electron chi connectivity index (χ4n) is 3.50. The molecule has 24 heavy (non-hydrogen) atoms. The minimum absolute atomic E-state index is 0.279. The van der Waals surface area contributed by atoms with Gasteiger partial charge in [0, 0.05) is 6.20 Å². The largest absolute Gasteiger partial charge is 0.325 e. The highest BCUT2D eigenvalue weighted by Crippen LogP contribution is 2.37. The van der Waals surface area contributed by atoms with Gasteiger partial charge in [0.1, 0.15) is 17.9 Å². The van der Waals surface area contributed by atoms with Crippen LogP contribution in [-0.4, -0.2) is 39.8 Å². The number of nitrogens with zero attached hydrogens (tertiary/aromatic N) is 2. The number of anilines is 1. The van der Waals surface area contributed by atoms with Crippen molar-refractivity contribution in [1.29, 1.82) is 0 Å². The number of rotatable bonds is 4. The number of aromatic nitrogens is 1. The zero-order valence-corrected chi connectivity index (χ0v) is 13.7. The molecule has 0 unspecified atom stereocenters. The highest BCUT2D eigenvalue weighted by atomic mass is 16.2. The van der Waals surface area contributed by atoms with Gasteiger partial charge in [-0.3, -0.25) is 14.5 Å². The lowest BCUT2D eigenvalue weighted by atomic mass is 9.75. The predicted octanol–water partition coefficient (Wildman–Crippen LogP) is 1.91. The first-order valence-electron chi connectivity index (χ1n) is 8.39. The van der Waals surface area contributed by atoms with E-state index in [1.165, 1.54) is 0 Å². The molecular formula is C17H22N4O3. The summed E-state index contributed by atoms with van der Waals surface area (Å²) in [6.07, 6.45) is 5.80. The van der Waals surface area contributed by atoms with Crippen LogP contribution >= 0.6 is 0 Å². The van der Waals surface area contributed by atoms with Crippen LogP contribution in [0.2, 0.25) is 0 Å². The van der Waals surface area contributed by atoms with Gasteiger partial charge in [0.25, 0.3) is 5.91 Å². The van der Waals surface area contributed by atoms with Gasteiger partial charge in [-0.25, -0.2) is 9.78 Å². The number of carbonyl (C=O) groups is 3. The van der Waals surface area contributed by atoms with Gasteiger partial charge >= 0.3 is 6.03 Å². The van der Waals surface area contributed by atoms with E-state index in [0.717, 1.165) is 24.2 Å². The van der Waals surface area contributed by atoms with Crippen molar-refractivity contribution in [2.24, 2.45) is 5.92 Å². The Morgan fingerprint density at radius 3 is 2.75 bits per heavy atom. The molecule has 1 saturated carbocycles. The van der Waals surface area contributed by atoms with Gasteiger partial charge in [-0.1, -0.05) is 19.4 Å². The molecule has 0 atom stereocenters. The lowest BCUT2D eigenvalue weighted by Crippen LogP contribution is -2.49. The molecule has 7 heteroatoms. The molecule has 2 N–H and O–H groups in total. The molecule has 0 radical (unpaired) electrons. The Morgan fingerprint density at radius 2 is 2.12 bits per heavy atom. The van der Waals surface area contributed by atoms with Gasteiger partial charge in [0.15, 0.2) is 0 Å². The number of hydrogen-bond donors (Lipinski definition) is 2. The molecule has 1 saturated heterocycles. The maximum absolute atomic E-state index is 12.7. The van der Waals surface area contributed by atoms with E-state index < -0.39 is 17.5 Å². The number of urea groups is 1. The number of pyridine rings is 1. The van der Waals surface area contributed by atoms with Crippen LogP contribution in [-0.2, 0) is 9.59 Å². The van der Waals surface area contributed by atoms with E-state index in [1.54, 1.807) is 24.4 Å². The Labute approximate surface area is 140 Å². The monoisotopic (exact) mass is 330 g/mol. The predicted molar refractivity (Wildman–Crippen MR) is 88.1 cm³/mol. The SMILES string of the molecule is CCC1CCC2(CC1)NC(=O)N(CC(=O)Nc1ccccn1)C2=O. The molecule has 0 aromatic carbocycles. The number of hydrogen-bond acceptors (Lipinski definition) is 4. The summed E-state index contributed by atoms with van der Waals surface area (Å²) in [5, 5.41) is 5.42. The third kappa shape index (κ3) is 3.11. The van der Waals surface area contributed by atoms with Crippen LogP contribution in [0.4, 0.5) is 10.6 Å². The number of imide groups is 1. The molecule has 2 heterocycles. The summed E-state index contributed by atoms with van der Waals surface area (Å²) in [6, 6.07) is 4.66. The second-order valence-corrected chi connectivity index (χ2v) is 6.52. The van der Waals surface area contributed by atoms with Crippen LogP contribution in [0.5, 0.6) is 0 Å². The molecule has 1 aromatic rings. The maximum atomic E-state index is 12.7. The van der Waals surface area contributed by atoms with Crippen LogP contribution < -0.4 is 10.6 Å². The number of carbonyl (C=O) groups excluding carboxylic acids is 3. The zero-order chi connectivity index (χ0) is 17.2. The lowest BCUT2D eigenvalue weighted by molar-refractivity contribution is -0.135. The van der Waals surface area contributed by atoms with Crippen LogP contribution in [0.3, 0.4) is 0 Å². The summed E-state index contributed by atoms with van der Waals surface area (Å²) in [5.74, 6) is 0.296. The first-order chi connectivity index (χ1) is 11.5. The molecule has 3 rings (SSSR count). The van der Waals surface area contributed by atoms with Gasteiger partial charge in [0.2, 0.25) is 5.91 Å². The minimum Gasteiger partial charge on any atom is -0.323 e. The van der Waals surface area contributed by atoms with Crippen molar-refractivity contribution < 1.29 is 14.4 Å².